The van der Waals surface area contributed by atoms with Crippen molar-refractivity contribution in [1.82, 2.24) is 9.80 Å². The molecule has 0 radical (unpaired) electrons. The first-order chi connectivity index (χ1) is 12.0. The highest BCUT2D eigenvalue weighted by molar-refractivity contribution is 5.85. The topological polar surface area (TPSA) is 49.9 Å². The van der Waals surface area contributed by atoms with Gasteiger partial charge in [-0.2, -0.15) is 0 Å². The molecule has 1 aromatic rings. The smallest absolute Gasteiger partial charge is 0.228 e. The molecule has 1 aliphatic rings. The first-order valence-corrected chi connectivity index (χ1v) is 8.43. The van der Waals surface area contributed by atoms with Crippen molar-refractivity contribution in [3.63, 3.8) is 0 Å². The van der Waals surface area contributed by atoms with E-state index in [-0.39, 0.29) is 23.8 Å². The van der Waals surface area contributed by atoms with Crippen molar-refractivity contribution >= 4 is 11.8 Å². The van der Waals surface area contributed by atoms with Gasteiger partial charge in [0, 0.05) is 26.6 Å². The molecule has 0 bridgehead atoms. The van der Waals surface area contributed by atoms with Gasteiger partial charge in [0.25, 0.3) is 0 Å². The predicted molar refractivity (Wildman–Crippen MR) is 98.2 cm³/mol. The van der Waals surface area contributed by atoms with Crippen LogP contribution >= 0.6 is 0 Å². The van der Waals surface area contributed by atoms with Crippen LogP contribution in [0.1, 0.15) is 24.4 Å². The molecule has 5 heteroatoms. The maximum atomic E-state index is 13.1. The largest absolute Gasteiger partial charge is 0.497 e. The Bertz CT molecular complexity index is 629. The summed E-state index contributed by atoms with van der Waals surface area (Å²) in [7, 11) is 3.38. The number of carbonyl (C=O) groups is 2. The Labute approximate surface area is 149 Å². The summed E-state index contributed by atoms with van der Waals surface area (Å²) in [6.07, 6.45) is 4.35. The zero-order valence-corrected chi connectivity index (χ0v) is 15.0. The lowest BCUT2D eigenvalue weighted by atomic mass is 9.83. The van der Waals surface area contributed by atoms with Gasteiger partial charge in [0.2, 0.25) is 11.8 Å². The fraction of sp³-hybridized carbons (Fsp3) is 0.400. The first kappa shape index (κ1) is 18.8. The molecule has 0 N–H and O–H groups in total. The predicted octanol–water partition coefficient (Wildman–Crippen LogP) is 2.81. The van der Waals surface area contributed by atoms with Crippen LogP contribution in [0.2, 0.25) is 0 Å². The monoisotopic (exact) mass is 342 g/mol. The number of piperidine rings is 1. The summed E-state index contributed by atoms with van der Waals surface area (Å²) in [6, 6.07) is 7.27. The average molecular weight is 342 g/mol. The number of hydrogen-bond donors (Lipinski definition) is 0. The Hall–Kier alpha value is -2.56. The van der Waals surface area contributed by atoms with Crippen LogP contribution in [0.5, 0.6) is 5.75 Å². The molecule has 134 valence electrons. The minimum atomic E-state index is -0.281. The summed E-state index contributed by atoms with van der Waals surface area (Å²) < 4.78 is 5.20. The van der Waals surface area contributed by atoms with E-state index in [0.29, 0.717) is 25.9 Å². The number of amides is 2. The number of ether oxygens (including phenoxy) is 1. The Balaban J connectivity index is 2.34. The molecule has 2 amide bonds. The van der Waals surface area contributed by atoms with Crippen LogP contribution in [0.4, 0.5) is 0 Å². The maximum Gasteiger partial charge on any atom is 0.228 e. The molecule has 1 aliphatic heterocycles. The van der Waals surface area contributed by atoms with Gasteiger partial charge in [-0.25, -0.2) is 0 Å². The summed E-state index contributed by atoms with van der Waals surface area (Å²) in [5, 5.41) is 0. The van der Waals surface area contributed by atoms with Crippen LogP contribution in [0, 0.1) is 5.92 Å². The van der Waals surface area contributed by atoms with E-state index in [0.717, 1.165) is 11.3 Å². The quantitative estimate of drug-likeness (QED) is 0.716. The van der Waals surface area contributed by atoms with Gasteiger partial charge in [-0.05, 0) is 24.1 Å². The summed E-state index contributed by atoms with van der Waals surface area (Å²) in [5.41, 5.74) is 0.937. The number of likely N-dealkylation sites (tertiary alicyclic amines) is 1. The van der Waals surface area contributed by atoms with Crippen molar-refractivity contribution in [3.05, 3.63) is 55.1 Å². The van der Waals surface area contributed by atoms with Gasteiger partial charge in [0.15, 0.2) is 0 Å². The van der Waals surface area contributed by atoms with Gasteiger partial charge in [0.05, 0.1) is 19.1 Å². The molecule has 0 spiro atoms. The molecule has 2 atom stereocenters. The lowest BCUT2D eigenvalue weighted by Crippen LogP contribution is -2.47. The zero-order valence-electron chi connectivity index (χ0n) is 15.0. The molecule has 0 aliphatic carbocycles. The van der Waals surface area contributed by atoms with Gasteiger partial charge in [-0.3, -0.25) is 9.59 Å². The molecule has 0 aromatic heterocycles. The molecular formula is C20H26N2O3. The van der Waals surface area contributed by atoms with Crippen molar-refractivity contribution in [2.45, 2.75) is 18.9 Å². The van der Waals surface area contributed by atoms with Crippen molar-refractivity contribution in [2.75, 3.05) is 27.2 Å². The molecule has 25 heavy (non-hydrogen) atoms. The second-order valence-corrected chi connectivity index (χ2v) is 6.19. The van der Waals surface area contributed by atoms with Gasteiger partial charge >= 0.3 is 0 Å². The molecule has 0 unspecified atom stereocenters. The number of carbonyl (C=O) groups excluding carboxylic acids is 2. The van der Waals surface area contributed by atoms with Crippen LogP contribution in [0.15, 0.2) is 49.6 Å². The van der Waals surface area contributed by atoms with E-state index in [9.17, 15) is 9.59 Å². The third kappa shape index (κ3) is 4.10. The SMILES string of the molecule is C=CCN(CC=C)C(=O)[C@H]1CCC(=O)N(C)[C@@H]1c1ccc(OC)cc1. The van der Waals surface area contributed by atoms with Crippen molar-refractivity contribution in [1.29, 1.82) is 0 Å². The van der Waals surface area contributed by atoms with Crippen LogP contribution < -0.4 is 4.74 Å². The molecule has 1 fully saturated rings. The van der Waals surface area contributed by atoms with Crippen molar-refractivity contribution < 1.29 is 14.3 Å². The number of methoxy groups -OCH3 is 1. The molecule has 2 rings (SSSR count). The third-order valence-electron chi connectivity index (χ3n) is 4.65. The normalized spacial score (nSPS) is 20.1. The summed E-state index contributed by atoms with van der Waals surface area (Å²) in [5.74, 6) is 0.552. The number of hydrogen-bond acceptors (Lipinski definition) is 3. The average Bonchev–Trinajstić information content (AvgIpc) is 2.63. The van der Waals surface area contributed by atoms with E-state index in [1.54, 1.807) is 36.1 Å². The molecule has 5 nitrogen and oxygen atoms in total. The van der Waals surface area contributed by atoms with E-state index in [1.807, 2.05) is 24.3 Å². The molecular weight excluding hydrogens is 316 g/mol. The van der Waals surface area contributed by atoms with Crippen LogP contribution in [-0.2, 0) is 9.59 Å². The minimum absolute atomic E-state index is 0.0277. The lowest BCUT2D eigenvalue weighted by Gasteiger charge is -2.40. The van der Waals surface area contributed by atoms with Gasteiger partial charge in [-0.1, -0.05) is 24.3 Å². The van der Waals surface area contributed by atoms with Crippen LogP contribution in [-0.4, -0.2) is 48.9 Å². The van der Waals surface area contributed by atoms with E-state index >= 15 is 0 Å². The fourth-order valence-corrected chi connectivity index (χ4v) is 3.35. The molecule has 1 saturated heterocycles. The highest BCUT2D eigenvalue weighted by Gasteiger charge is 2.40. The van der Waals surface area contributed by atoms with Crippen molar-refractivity contribution in [2.24, 2.45) is 5.92 Å². The van der Waals surface area contributed by atoms with E-state index in [2.05, 4.69) is 13.2 Å². The number of rotatable bonds is 7. The summed E-state index contributed by atoms with van der Waals surface area (Å²) in [6.45, 7) is 8.39. The van der Waals surface area contributed by atoms with Crippen LogP contribution in [0.3, 0.4) is 0 Å². The highest BCUT2D eigenvalue weighted by atomic mass is 16.5. The van der Waals surface area contributed by atoms with E-state index in [1.165, 1.54) is 0 Å². The van der Waals surface area contributed by atoms with Crippen molar-refractivity contribution in [3.8, 4) is 5.75 Å². The standard InChI is InChI=1S/C20H26N2O3/c1-5-13-22(14-6-2)20(24)17-11-12-18(23)21(3)19(17)15-7-9-16(25-4)10-8-15/h5-10,17,19H,1-2,11-14H2,3-4H3/t17-,19+/m0/s1. The Morgan fingerprint density at radius 1 is 1.28 bits per heavy atom. The molecule has 1 aromatic carbocycles. The maximum absolute atomic E-state index is 13.1. The summed E-state index contributed by atoms with van der Waals surface area (Å²) >= 11 is 0. The second-order valence-electron chi connectivity index (χ2n) is 6.19. The zero-order chi connectivity index (χ0) is 18.4. The van der Waals surface area contributed by atoms with E-state index in [4.69, 9.17) is 4.74 Å². The van der Waals surface area contributed by atoms with E-state index < -0.39 is 0 Å². The Morgan fingerprint density at radius 3 is 2.40 bits per heavy atom. The number of benzene rings is 1. The Morgan fingerprint density at radius 2 is 1.88 bits per heavy atom. The number of nitrogens with zero attached hydrogens (tertiary/aromatic N) is 2. The fourth-order valence-electron chi connectivity index (χ4n) is 3.35. The van der Waals surface area contributed by atoms with Gasteiger partial charge in [-0.15, -0.1) is 13.2 Å². The third-order valence-corrected chi connectivity index (χ3v) is 4.65. The van der Waals surface area contributed by atoms with Gasteiger partial charge in [0.1, 0.15) is 5.75 Å². The highest BCUT2D eigenvalue weighted by Crippen LogP contribution is 2.37. The second kappa shape index (κ2) is 8.51. The molecule has 1 heterocycles. The minimum Gasteiger partial charge on any atom is -0.497 e. The van der Waals surface area contributed by atoms with Crippen LogP contribution in [0.25, 0.3) is 0 Å². The summed E-state index contributed by atoms with van der Waals surface area (Å²) in [4.78, 5) is 28.8. The first-order valence-electron chi connectivity index (χ1n) is 8.43. The van der Waals surface area contributed by atoms with Gasteiger partial charge < -0.3 is 14.5 Å². The molecule has 0 saturated carbocycles. The Kier molecular flexibility index (Phi) is 6.39. The lowest BCUT2D eigenvalue weighted by molar-refractivity contribution is -0.146.